The molecule has 0 aromatic heterocycles. The Kier molecular flexibility index (Phi) is 4.59. The standard InChI is InChI=1S/C16H15BrN2/c1-12-9-15(7-8-16(12)17)19-11-14(10-18)13-5-3-2-4-6-13/h2-9,14,19H,11H2,1H3. The van der Waals surface area contributed by atoms with Crippen LogP contribution in [0.2, 0.25) is 0 Å². The minimum atomic E-state index is -0.134. The first-order chi connectivity index (χ1) is 9.20. The molecule has 1 N–H and O–H groups in total. The molecule has 1 unspecified atom stereocenters. The molecule has 2 aromatic rings. The van der Waals surface area contributed by atoms with Gasteiger partial charge in [-0.1, -0.05) is 46.3 Å². The highest BCUT2D eigenvalue weighted by Gasteiger charge is 2.09. The second kappa shape index (κ2) is 6.40. The predicted molar refractivity (Wildman–Crippen MR) is 82.2 cm³/mol. The fraction of sp³-hybridized carbons (Fsp3) is 0.188. The molecule has 0 aliphatic rings. The van der Waals surface area contributed by atoms with Crippen LogP contribution in [0, 0.1) is 18.3 Å². The first-order valence-electron chi connectivity index (χ1n) is 6.15. The summed E-state index contributed by atoms with van der Waals surface area (Å²) in [6, 6.07) is 18.3. The van der Waals surface area contributed by atoms with Crippen molar-refractivity contribution in [2.45, 2.75) is 12.8 Å². The van der Waals surface area contributed by atoms with Gasteiger partial charge in [-0.25, -0.2) is 0 Å². The highest BCUT2D eigenvalue weighted by Crippen LogP contribution is 2.21. The van der Waals surface area contributed by atoms with Crippen LogP contribution in [0.4, 0.5) is 5.69 Å². The minimum Gasteiger partial charge on any atom is -0.383 e. The molecule has 0 radical (unpaired) electrons. The van der Waals surface area contributed by atoms with E-state index >= 15 is 0 Å². The lowest BCUT2D eigenvalue weighted by atomic mass is 10.0. The smallest absolute Gasteiger partial charge is 0.0885 e. The summed E-state index contributed by atoms with van der Waals surface area (Å²) >= 11 is 3.48. The lowest BCUT2D eigenvalue weighted by Crippen LogP contribution is -2.11. The van der Waals surface area contributed by atoms with Gasteiger partial charge in [-0.3, -0.25) is 0 Å². The van der Waals surface area contributed by atoms with E-state index in [-0.39, 0.29) is 5.92 Å². The second-order valence-electron chi connectivity index (χ2n) is 4.44. The maximum atomic E-state index is 9.26. The van der Waals surface area contributed by atoms with Crippen molar-refractivity contribution in [1.82, 2.24) is 0 Å². The van der Waals surface area contributed by atoms with Crippen molar-refractivity contribution in [2.24, 2.45) is 0 Å². The predicted octanol–water partition coefficient (Wildman–Crippen LogP) is 4.48. The van der Waals surface area contributed by atoms with Crippen molar-refractivity contribution in [3.05, 3.63) is 64.1 Å². The Morgan fingerprint density at radius 3 is 2.58 bits per heavy atom. The molecule has 2 aromatic carbocycles. The van der Waals surface area contributed by atoms with Crippen LogP contribution in [0.15, 0.2) is 53.0 Å². The summed E-state index contributed by atoms with van der Waals surface area (Å²) in [5, 5.41) is 12.6. The Morgan fingerprint density at radius 2 is 1.95 bits per heavy atom. The number of rotatable bonds is 4. The van der Waals surface area contributed by atoms with Crippen LogP contribution in [0.1, 0.15) is 17.0 Å². The quantitative estimate of drug-likeness (QED) is 0.903. The molecule has 0 aliphatic heterocycles. The fourth-order valence-corrected chi connectivity index (χ4v) is 2.14. The largest absolute Gasteiger partial charge is 0.383 e. The molecule has 0 saturated heterocycles. The molecule has 1 atom stereocenters. The van der Waals surface area contributed by atoms with Crippen molar-refractivity contribution in [2.75, 3.05) is 11.9 Å². The van der Waals surface area contributed by atoms with Crippen LogP contribution in [0.25, 0.3) is 0 Å². The molecule has 0 saturated carbocycles. The number of nitriles is 1. The third-order valence-corrected chi connectivity index (χ3v) is 3.92. The zero-order chi connectivity index (χ0) is 13.7. The van der Waals surface area contributed by atoms with E-state index in [1.165, 1.54) is 5.56 Å². The Labute approximate surface area is 122 Å². The van der Waals surface area contributed by atoms with Crippen LogP contribution in [-0.4, -0.2) is 6.54 Å². The van der Waals surface area contributed by atoms with Gasteiger partial charge in [0.05, 0.1) is 12.0 Å². The lowest BCUT2D eigenvalue weighted by molar-refractivity contribution is 0.900. The number of nitrogens with one attached hydrogen (secondary N) is 1. The molecule has 0 amide bonds. The zero-order valence-corrected chi connectivity index (χ0v) is 12.3. The maximum absolute atomic E-state index is 9.26. The number of benzene rings is 2. The molecule has 0 heterocycles. The van der Waals surface area contributed by atoms with Crippen molar-refractivity contribution < 1.29 is 0 Å². The summed E-state index contributed by atoms with van der Waals surface area (Å²) in [7, 11) is 0. The highest BCUT2D eigenvalue weighted by atomic mass is 79.9. The lowest BCUT2D eigenvalue weighted by Gasteiger charge is -2.12. The van der Waals surface area contributed by atoms with Crippen molar-refractivity contribution in [3.63, 3.8) is 0 Å². The zero-order valence-electron chi connectivity index (χ0n) is 10.7. The monoisotopic (exact) mass is 314 g/mol. The Bertz CT molecular complexity index is 587. The molecule has 96 valence electrons. The molecule has 0 spiro atoms. The van der Waals surface area contributed by atoms with Crippen LogP contribution < -0.4 is 5.32 Å². The van der Waals surface area contributed by atoms with Gasteiger partial charge in [-0.05, 0) is 36.2 Å². The van der Waals surface area contributed by atoms with Gasteiger partial charge in [0.2, 0.25) is 0 Å². The number of halogens is 1. The molecule has 2 rings (SSSR count). The third kappa shape index (κ3) is 3.59. The normalized spacial score (nSPS) is 11.6. The first kappa shape index (κ1) is 13.6. The summed E-state index contributed by atoms with van der Waals surface area (Å²) in [6.45, 7) is 2.66. The number of hydrogen-bond acceptors (Lipinski definition) is 2. The molecule has 0 bridgehead atoms. The average Bonchev–Trinajstić information content (AvgIpc) is 2.44. The SMILES string of the molecule is Cc1cc(NCC(C#N)c2ccccc2)ccc1Br. The Morgan fingerprint density at radius 1 is 1.21 bits per heavy atom. The van der Waals surface area contributed by atoms with Gasteiger partial charge in [-0.15, -0.1) is 0 Å². The van der Waals surface area contributed by atoms with Gasteiger partial charge in [-0.2, -0.15) is 5.26 Å². The number of anilines is 1. The summed E-state index contributed by atoms with van der Waals surface area (Å²) in [5.74, 6) is -0.134. The molecule has 19 heavy (non-hydrogen) atoms. The van der Waals surface area contributed by atoms with E-state index in [0.29, 0.717) is 6.54 Å². The van der Waals surface area contributed by atoms with E-state index in [1.54, 1.807) is 0 Å². The van der Waals surface area contributed by atoms with Crippen LogP contribution in [0.5, 0.6) is 0 Å². The molecule has 0 aliphatic carbocycles. The number of hydrogen-bond donors (Lipinski definition) is 1. The third-order valence-electron chi connectivity index (χ3n) is 3.03. The van der Waals surface area contributed by atoms with E-state index in [2.05, 4.69) is 33.4 Å². The van der Waals surface area contributed by atoms with E-state index in [9.17, 15) is 5.26 Å². The summed E-state index contributed by atoms with van der Waals surface area (Å²) < 4.78 is 1.10. The van der Waals surface area contributed by atoms with Crippen LogP contribution in [0.3, 0.4) is 0 Å². The highest BCUT2D eigenvalue weighted by molar-refractivity contribution is 9.10. The first-order valence-corrected chi connectivity index (χ1v) is 6.94. The van der Waals surface area contributed by atoms with Crippen molar-refractivity contribution in [1.29, 1.82) is 5.26 Å². The minimum absolute atomic E-state index is 0.134. The number of aryl methyl sites for hydroxylation is 1. The van der Waals surface area contributed by atoms with Gasteiger partial charge >= 0.3 is 0 Å². The van der Waals surface area contributed by atoms with E-state index < -0.39 is 0 Å². The Balaban J connectivity index is 2.05. The van der Waals surface area contributed by atoms with E-state index in [4.69, 9.17) is 0 Å². The average molecular weight is 315 g/mol. The molecule has 3 heteroatoms. The van der Waals surface area contributed by atoms with Gasteiger partial charge in [0.15, 0.2) is 0 Å². The van der Waals surface area contributed by atoms with Crippen molar-refractivity contribution >= 4 is 21.6 Å². The van der Waals surface area contributed by atoms with Crippen LogP contribution >= 0.6 is 15.9 Å². The Hall–Kier alpha value is -1.79. The van der Waals surface area contributed by atoms with E-state index in [0.717, 1.165) is 15.7 Å². The van der Waals surface area contributed by atoms with Crippen molar-refractivity contribution in [3.8, 4) is 6.07 Å². The molecule has 0 fully saturated rings. The topological polar surface area (TPSA) is 35.8 Å². The summed E-state index contributed by atoms with van der Waals surface area (Å²) in [4.78, 5) is 0. The van der Waals surface area contributed by atoms with Gasteiger partial charge in [0, 0.05) is 16.7 Å². The van der Waals surface area contributed by atoms with Crippen LogP contribution in [-0.2, 0) is 0 Å². The van der Waals surface area contributed by atoms with Gasteiger partial charge < -0.3 is 5.32 Å². The second-order valence-corrected chi connectivity index (χ2v) is 5.29. The maximum Gasteiger partial charge on any atom is 0.0885 e. The molecular formula is C16H15BrN2. The van der Waals surface area contributed by atoms with Gasteiger partial charge in [0.25, 0.3) is 0 Å². The summed E-state index contributed by atoms with van der Waals surface area (Å²) in [6.07, 6.45) is 0. The molecule has 2 nitrogen and oxygen atoms in total. The fourth-order valence-electron chi connectivity index (χ4n) is 1.90. The molecular weight excluding hydrogens is 300 g/mol. The van der Waals surface area contributed by atoms with Gasteiger partial charge in [0.1, 0.15) is 0 Å². The number of nitrogens with zero attached hydrogens (tertiary/aromatic N) is 1. The summed E-state index contributed by atoms with van der Waals surface area (Å²) in [5.41, 5.74) is 3.27. The van der Waals surface area contributed by atoms with E-state index in [1.807, 2.05) is 49.4 Å².